The highest BCUT2D eigenvalue weighted by Crippen LogP contribution is 2.24. The first-order valence-electron chi connectivity index (χ1n) is 8.07. The van der Waals surface area contributed by atoms with Gasteiger partial charge in [-0.2, -0.15) is 10.2 Å². The normalized spacial score (nSPS) is 10.8. The van der Waals surface area contributed by atoms with Crippen LogP contribution in [0.1, 0.15) is 10.5 Å². The number of methoxy groups -OCH3 is 1. The Kier molecular flexibility index (Phi) is 3.89. The molecule has 0 aliphatic heterocycles. The third-order valence-corrected chi connectivity index (χ3v) is 4.18. The SMILES string of the molecule is COc1cccc(-c2cc(C(=O)Nc3ccc4cn[nH]c4c3)n(C)n2)c1. The maximum absolute atomic E-state index is 12.7. The summed E-state index contributed by atoms with van der Waals surface area (Å²) in [5.74, 6) is 0.514. The van der Waals surface area contributed by atoms with Crippen LogP contribution >= 0.6 is 0 Å². The van der Waals surface area contributed by atoms with Gasteiger partial charge in [0.25, 0.3) is 5.91 Å². The lowest BCUT2D eigenvalue weighted by Crippen LogP contribution is -2.15. The second-order valence-electron chi connectivity index (χ2n) is 5.90. The molecule has 26 heavy (non-hydrogen) atoms. The predicted octanol–water partition coefficient (Wildman–Crippen LogP) is 3.22. The number of anilines is 1. The molecule has 0 atom stereocenters. The highest BCUT2D eigenvalue weighted by Gasteiger charge is 2.15. The Morgan fingerprint density at radius 3 is 2.92 bits per heavy atom. The zero-order chi connectivity index (χ0) is 18.1. The number of aromatic amines is 1. The lowest BCUT2D eigenvalue weighted by Gasteiger charge is -2.05. The summed E-state index contributed by atoms with van der Waals surface area (Å²) in [4.78, 5) is 12.7. The number of hydrogen-bond donors (Lipinski definition) is 2. The van der Waals surface area contributed by atoms with Crippen molar-refractivity contribution in [2.45, 2.75) is 0 Å². The first-order chi connectivity index (χ1) is 12.6. The Bertz CT molecular complexity index is 1100. The summed E-state index contributed by atoms with van der Waals surface area (Å²) in [6.07, 6.45) is 1.74. The van der Waals surface area contributed by atoms with Crippen LogP contribution in [0.4, 0.5) is 5.69 Å². The maximum Gasteiger partial charge on any atom is 0.273 e. The Labute approximate surface area is 149 Å². The van der Waals surface area contributed by atoms with Gasteiger partial charge >= 0.3 is 0 Å². The molecule has 7 nitrogen and oxygen atoms in total. The minimum Gasteiger partial charge on any atom is -0.497 e. The summed E-state index contributed by atoms with van der Waals surface area (Å²) in [5, 5.41) is 15.2. The molecule has 0 radical (unpaired) electrons. The molecular formula is C19H17N5O2. The number of nitrogens with one attached hydrogen (secondary N) is 2. The molecule has 2 N–H and O–H groups in total. The number of carbonyl (C=O) groups excluding carboxylic acids is 1. The summed E-state index contributed by atoms with van der Waals surface area (Å²) in [7, 11) is 3.36. The van der Waals surface area contributed by atoms with Crippen LogP contribution < -0.4 is 10.1 Å². The van der Waals surface area contributed by atoms with Gasteiger partial charge in [-0.15, -0.1) is 0 Å². The van der Waals surface area contributed by atoms with Crippen LogP contribution in [0, 0.1) is 0 Å². The minimum atomic E-state index is -0.229. The zero-order valence-electron chi connectivity index (χ0n) is 14.4. The first-order valence-corrected chi connectivity index (χ1v) is 8.07. The number of benzene rings is 2. The number of H-pyrrole nitrogens is 1. The molecule has 0 fully saturated rings. The van der Waals surface area contributed by atoms with Crippen LogP contribution in [-0.2, 0) is 7.05 Å². The van der Waals surface area contributed by atoms with Crippen LogP contribution in [0.15, 0.2) is 54.7 Å². The van der Waals surface area contributed by atoms with Gasteiger partial charge in [0.2, 0.25) is 0 Å². The fraction of sp³-hybridized carbons (Fsp3) is 0.105. The summed E-state index contributed by atoms with van der Waals surface area (Å²) >= 11 is 0. The average Bonchev–Trinajstić information content (AvgIpc) is 3.27. The van der Waals surface area contributed by atoms with Gasteiger partial charge in [0.05, 0.1) is 24.5 Å². The van der Waals surface area contributed by atoms with Gasteiger partial charge in [0, 0.05) is 23.7 Å². The van der Waals surface area contributed by atoms with Gasteiger partial charge in [-0.25, -0.2) is 0 Å². The highest BCUT2D eigenvalue weighted by atomic mass is 16.5. The summed E-state index contributed by atoms with van der Waals surface area (Å²) in [5.41, 5.74) is 3.62. The van der Waals surface area contributed by atoms with E-state index < -0.39 is 0 Å². The third kappa shape index (κ3) is 2.90. The number of aryl methyl sites for hydroxylation is 1. The molecule has 0 unspecified atom stereocenters. The Morgan fingerprint density at radius 1 is 1.19 bits per heavy atom. The standard InChI is InChI=1S/C19H17N5O2/c1-24-18(10-17(23-24)12-4-3-5-15(8-12)26-2)19(25)21-14-7-6-13-11-20-22-16(13)9-14/h3-11H,1-2H3,(H,20,22)(H,21,25). The molecule has 2 aromatic heterocycles. The molecule has 7 heteroatoms. The van der Waals surface area contributed by atoms with Crippen molar-refractivity contribution in [3.8, 4) is 17.0 Å². The Balaban J connectivity index is 1.60. The van der Waals surface area contributed by atoms with E-state index in [1.54, 1.807) is 31.1 Å². The molecule has 0 saturated carbocycles. The van der Waals surface area contributed by atoms with E-state index in [1.807, 2.05) is 42.5 Å². The van der Waals surface area contributed by atoms with E-state index in [-0.39, 0.29) is 5.91 Å². The molecule has 0 aliphatic rings. The van der Waals surface area contributed by atoms with Crippen molar-refractivity contribution in [1.82, 2.24) is 20.0 Å². The van der Waals surface area contributed by atoms with Crippen molar-refractivity contribution in [1.29, 1.82) is 0 Å². The summed E-state index contributed by atoms with van der Waals surface area (Å²) in [6.45, 7) is 0. The maximum atomic E-state index is 12.7. The fourth-order valence-corrected chi connectivity index (χ4v) is 2.81. The molecule has 4 rings (SSSR count). The van der Waals surface area contributed by atoms with Gasteiger partial charge < -0.3 is 10.1 Å². The van der Waals surface area contributed by atoms with Crippen LogP contribution in [0.3, 0.4) is 0 Å². The number of aromatic nitrogens is 4. The van der Waals surface area contributed by atoms with Gasteiger partial charge in [0.15, 0.2) is 0 Å². The number of ether oxygens (including phenoxy) is 1. The van der Waals surface area contributed by atoms with E-state index in [1.165, 1.54) is 0 Å². The molecule has 130 valence electrons. The Morgan fingerprint density at radius 2 is 2.08 bits per heavy atom. The molecule has 4 aromatic rings. The number of hydrogen-bond acceptors (Lipinski definition) is 4. The summed E-state index contributed by atoms with van der Waals surface area (Å²) in [6, 6.07) is 14.9. The van der Waals surface area contributed by atoms with E-state index >= 15 is 0 Å². The Hall–Kier alpha value is -3.61. The molecule has 1 amide bonds. The van der Waals surface area contributed by atoms with Crippen molar-refractivity contribution in [3.63, 3.8) is 0 Å². The lowest BCUT2D eigenvalue weighted by molar-refractivity contribution is 0.101. The molecule has 2 heterocycles. The van der Waals surface area contributed by atoms with E-state index in [0.717, 1.165) is 22.2 Å². The highest BCUT2D eigenvalue weighted by molar-refractivity contribution is 6.04. The number of rotatable bonds is 4. The minimum absolute atomic E-state index is 0.229. The summed E-state index contributed by atoms with van der Waals surface area (Å²) < 4.78 is 6.81. The largest absolute Gasteiger partial charge is 0.497 e. The van der Waals surface area contributed by atoms with Crippen molar-refractivity contribution >= 4 is 22.5 Å². The average molecular weight is 347 g/mol. The van der Waals surface area contributed by atoms with Gasteiger partial charge in [0.1, 0.15) is 11.4 Å². The van der Waals surface area contributed by atoms with Crippen LogP contribution in [0.5, 0.6) is 5.75 Å². The molecular weight excluding hydrogens is 330 g/mol. The smallest absolute Gasteiger partial charge is 0.273 e. The molecule has 0 aliphatic carbocycles. The van der Waals surface area contributed by atoms with E-state index in [4.69, 9.17) is 4.74 Å². The third-order valence-electron chi connectivity index (χ3n) is 4.18. The van der Waals surface area contributed by atoms with Crippen molar-refractivity contribution in [2.75, 3.05) is 12.4 Å². The van der Waals surface area contributed by atoms with Gasteiger partial charge in [-0.3, -0.25) is 14.6 Å². The van der Waals surface area contributed by atoms with Crippen molar-refractivity contribution < 1.29 is 9.53 Å². The molecule has 0 bridgehead atoms. The quantitative estimate of drug-likeness (QED) is 0.593. The number of amides is 1. The van der Waals surface area contributed by atoms with E-state index in [2.05, 4.69) is 20.6 Å². The van der Waals surface area contributed by atoms with Crippen molar-refractivity contribution in [2.24, 2.45) is 7.05 Å². The van der Waals surface area contributed by atoms with Crippen LogP contribution in [0.2, 0.25) is 0 Å². The molecule has 0 spiro atoms. The zero-order valence-corrected chi connectivity index (χ0v) is 14.4. The second-order valence-corrected chi connectivity index (χ2v) is 5.90. The first kappa shape index (κ1) is 15.9. The predicted molar refractivity (Wildman–Crippen MR) is 99.2 cm³/mol. The van der Waals surface area contributed by atoms with E-state index in [9.17, 15) is 4.79 Å². The van der Waals surface area contributed by atoms with Crippen LogP contribution in [-0.4, -0.2) is 33.0 Å². The fourth-order valence-electron chi connectivity index (χ4n) is 2.81. The topological polar surface area (TPSA) is 84.8 Å². The number of fused-ring (bicyclic) bond motifs is 1. The monoisotopic (exact) mass is 347 g/mol. The number of nitrogens with zero attached hydrogens (tertiary/aromatic N) is 3. The van der Waals surface area contributed by atoms with Crippen LogP contribution in [0.25, 0.3) is 22.2 Å². The lowest BCUT2D eigenvalue weighted by atomic mass is 10.1. The molecule has 2 aromatic carbocycles. The van der Waals surface area contributed by atoms with Gasteiger partial charge in [-0.1, -0.05) is 12.1 Å². The second kappa shape index (κ2) is 6.36. The number of carbonyl (C=O) groups is 1. The van der Waals surface area contributed by atoms with E-state index in [0.29, 0.717) is 17.1 Å². The molecule has 0 saturated heterocycles. The van der Waals surface area contributed by atoms with Gasteiger partial charge in [-0.05, 0) is 36.4 Å². The van der Waals surface area contributed by atoms with Crippen molar-refractivity contribution in [3.05, 3.63) is 60.4 Å².